The van der Waals surface area contributed by atoms with Crippen molar-refractivity contribution >= 4 is 10.0 Å². The highest BCUT2D eigenvalue weighted by molar-refractivity contribution is 7.89. The van der Waals surface area contributed by atoms with E-state index in [9.17, 15) is 8.42 Å². The predicted molar refractivity (Wildman–Crippen MR) is 92.7 cm³/mol. The average Bonchev–Trinajstić information content (AvgIpc) is 2.62. The Morgan fingerprint density at radius 2 is 1.71 bits per heavy atom. The molecule has 0 fully saturated rings. The SMILES string of the molecule is COCCN(CCC#N)S(=O)(=O)c1ccccc1-c1ccccc1. The van der Waals surface area contributed by atoms with Crippen molar-refractivity contribution in [3.63, 3.8) is 0 Å². The van der Waals surface area contributed by atoms with Crippen molar-refractivity contribution in [2.24, 2.45) is 0 Å². The van der Waals surface area contributed by atoms with Gasteiger partial charge in [-0.05, 0) is 11.6 Å². The van der Waals surface area contributed by atoms with Crippen LogP contribution in [-0.4, -0.2) is 39.5 Å². The van der Waals surface area contributed by atoms with Crippen LogP contribution in [0, 0.1) is 11.3 Å². The van der Waals surface area contributed by atoms with E-state index < -0.39 is 10.0 Å². The van der Waals surface area contributed by atoms with Gasteiger partial charge < -0.3 is 4.74 Å². The zero-order valence-corrected chi connectivity index (χ0v) is 14.4. The molecule has 0 aliphatic carbocycles. The van der Waals surface area contributed by atoms with Crippen molar-refractivity contribution in [2.45, 2.75) is 11.3 Å². The van der Waals surface area contributed by atoms with Gasteiger partial charge in [-0.25, -0.2) is 8.42 Å². The third-order valence-corrected chi connectivity index (χ3v) is 5.56. The van der Waals surface area contributed by atoms with Gasteiger partial charge in [0.2, 0.25) is 10.0 Å². The summed E-state index contributed by atoms with van der Waals surface area (Å²) in [6, 6.07) is 18.3. The summed E-state index contributed by atoms with van der Waals surface area (Å²) in [6.45, 7) is 0.632. The van der Waals surface area contributed by atoms with Crippen LogP contribution in [0.4, 0.5) is 0 Å². The van der Waals surface area contributed by atoms with E-state index in [1.54, 1.807) is 18.2 Å². The number of ether oxygens (including phenoxy) is 1. The van der Waals surface area contributed by atoms with Crippen LogP contribution in [0.5, 0.6) is 0 Å². The summed E-state index contributed by atoms with van der Waals surface area (Å²) < 4.78 is 32.5. The van der Waals surface area contributed by atoms with Crippen LogP contribution in [-0.2, 0) is 14.8 Å². The first kappa shape index (κ1) is 18.1. The van der Waals surface area contributed by atoms with Crippen molar-refractivity contribution in [2.75, 3.05) is 26.8 Å². The second kappa shape index (κ2) is 8.60. The average molecular weight is 344 g/mol. The lowest BCUT2D eigenvalue weighted by atomic mass is 10.1. The number of benzene rings is 2. The van der Waals surface area contributed by atoms with Crippen LogP contribution >= 0.6 is 0 Å². The van der Waals surface area contributed by atoms with Gasteiger partial charge in [0.05, 0.1) is 17.6 Å². The minimum absolute atomic E-state index is 0.135. The molecular formula is C18H20N2O3S. The van der Waals surface area contributed by atoms with Gasteiger partial charge in [-0.3, -0.25) is 0 Å². The van der Waals surface area contributed by atoms with Crippen molar-refractivity contribution < 1.29 is 13.2 Å². The van der Waals surface area contributed by atoms with Crippen molar-refractivity contribution in [1.29, 1.82) is 5.26 Å². The normalized spacial score (nSPS) is 11.4. The lowest BCUT2D eigenvalue weighted by Gasteiger charge is -2.22. The van der Waals surface area contributed by atoms with Crippen LogP contribution in [0.25, 0.3) is 11.1 Å². The highest BCUT2D eigenvalue weighted by atomic mass is 32.2. The Bertz CT molecular complexity index is 799. The van der Waals surface area contributed by atoms with Crippen molar-refractivity contribution in [3.05, 3.63) is 54.6 Å². The first-order valence-electron chi connectivity index (χ1n) is 7.61. The van der Waals surface area contributed by atoms with Crippen LogP contribution in [0.2, 0.25) is 0 Å². The smallest absolute Gasteiger partial charge is 0.243 e. The van der Waals surface area contributed by atoms with E-state index in [-0.39, 0.29) is 31.0 Å². The molecule has 0 amide bonds. The number of hydrogen-bond acceptors (Lipinski definition) is 4. The van der Waals surface area contributed by atoms with Gasteiger partial charge in [0, 0.05) is 32.2 Å². The predicted octanol–water partition coefficient (Wildman–Crippen LogP) is 2.90. The van der Waals surface area contributed by atoms with E-state index in [1.165, 1.54) is 11.4 Å². The lowest BCUT2D eigenvalue weighted by Crippen LogP contribution is -2.35. The Morgan fingerprint density at radius 3 is 2.38 bits per heavy atom. The van der Waals surface area contributed by atoms with E-state index in [1.807, 2.05) is 42.5 Å². The maximum atomic E-state index is 13.1. The highest BCUT2D eigenvalue weighted by Gasteiger charge is 2.26. The maximum absolute atomic E-state index is 13.1. The molecule has 5 nitrogen and oxygen atoms in total. The third kappa shape index (κ3) is 4.20. The number of nitriles is 1. The van der Waals surface area contributed by atoms with Crippen LogP contribution < -0.4 is 0 Å². The van der Waals surface area contributed by atoms with Crippen LogP contribution in [0.1, 0.15) is 6.42 Å². The summed E-state index contributed by atoms with van der Waals surface area (Å²) in [5.41, 5.74) is 1.49. The molecule has 0 bridgehead atoms. The Labute approximate surface area is 143 Å². The first-order valence-corrected chi connectivity index (χ1v) is 9.05. The number of rotatable bonds is 8. The van der Waals surface area contributed by atoms with E-state index in [4.69, 9.17) is 10.00 Å². The summed E-state index contributed by atoms with van der Waals surface area (Å²) in [7, 11) is -2.20. The summed E-state index contributed by atoms with van der Waals surface area (Å²) in [6.07, 6.45) is 0.135. The quantitative estimate of drug-likeness (QED) is 0.738. The first-order chi connectivity index (χ1) is 11.6. The molecule has 0 heterocycles. The number of sulfonamides is 1. The molecule has 0 aliphatic rings. The maximum Gasteiger partial charge on any atom is 0.243 e. The molecule has 6 heteroatoms. The zero-order chi connectivity index (χ0) is 17.4. The second-order valence-electron chi connectivity index (χ2n) is 5.17. The van der Waals surface area contributed by atoms with Gasteiger partial charge in [-0.1, -0.05) is 48.5 Å². The van der Waals surface area contributed by atoms with Crippen molar-refractivity contribution in [3.8, 4) is 17.2 Å². The minimum Gasteiger partial charge on any atom is -0.383 e. The Morgan fingerprint density at radius 1 is 1.04 bits per heavy atom. The van der Waals surface area contributed by atoms with Gasteiger partial charge in [-0.2, -0.15) is 9.57 Å². The monoisotopic (exact) mass is 344 g/mol. The molecule has 2 rings (SSSR count). The fraction of sp³-hybridized carbons (Fsp3) is 0.278. The third-order valence-electron chi connectivity index (χ3n) is 3.61. The van der Waals surface area contributed by atoms with Crippen LogP contribution in [0.3, 0.4) is 0 Å². The molecule has 24 heavy (non-hydrogen) atoms. The van der Waals surface area contributed by atoms with Crippen molar-refractivity contribution in [1.82, 2.24) is 4.31 Å². The van der Waals surface area contributed by atoms with E-state index >= 15 is 0 Å². The van der Waals surface area contributed by atoms with E-state index in [0.717, 1.165) is 5.56 Å². The molecule has 2 aromatic rings. The molecular weight excluding hydrogens is 324 g/mol. The number of methoxy groups -OCH3 is 1. The summed E-state index contributed by atoms with van der Waals surface area (Å²) in [5.74, 6) is 0. The lowest BCUT2D eigenvalue weighted by molar-refractivity contribution is 0.179. The summed E-state index contributed by atoms with van der Waals surface area (Å²) >= 11 is 0. The Balaban J connectivity index is 2.46. The van der Waals surface area contributed by atoms with Crippen LogP contribution in [0.15, 0.2) is 59.5 Å². The molecule has 0 atom stereocenters. The molecule has 0 aromatic heterocycles. The summed E-state index contributed by atoms with van der Waals surface area (Å²) in [4.78, 5) is 0.241. The Hall–Kier alpha value is -2.20. The molecule has 0 saturated heterocycles. The van der Waals surface area contributed by atoms with Gasteiger partial charge in [0.1, 0.15) is 0 Å². The molecule has 126 valence electrons. The zero-order valence-electron chi connectivity index (χ0n) is 13.6. The fourth-order valence-corrected chi connectivity index (χ4v) is 4.05. The van der Waals surface area contributed by atoms with E-state index in [2.05, 4.69) is 0 Å². The minimum atomic E-state index is -3.72. The molecule has 0 N–H and O–H groups in total. The van der Waals surface area contributed by atoms with Gasteiger partial charge in [-0.15, -0.1) is 0 Å². The molecule has 2 aromatic carbocycles. The molecule has 0 aliphatic heterocycles. The second-order valence-corrected chi connectivity index (χ2v) is 7.07. The fourth-order valence-electron chi connectivity index (χ4n) is 2.41. The van der Waals surface area contributed by atoms with E-state index in [0.29, 0.717) is 5.56 Å². The molecule has 0 saturated carbocycles. The topological polar surface area (TPSA) is 70.4 Å². The standard InChI is InChI=1S/C18H20N2O3S/c1-23-15-14-20(13-7-12-19)24(21,22)18-11-6-5-10-17(18)16-8-3-2-4-9-16/h2-6,8-11H,7,13-15H2,1H3. The number of nitrogens with zero attached hydrogens (tertiary/aromatic N) is 2. The largest absolute Gasteiger partial charge is 0.383 e. The molecule has 0 unspecified atom stereocenters. The van der Waals surface area contributed by atoms with Gasteiger partial charge in [0.15, 0.2) is 0 Å². The molecule has 0 radical (unpaired) electrons. The summed E-state index contributed by atoms with van der Waals surface area (Å²) in [5, 5.41) is 8.81. The molecule has 0 spiro atoms. The number of hydrogen-bond donors (Lipinski definition) is 0. The Kier molecular flexibility index (Phi) is 6.50. The highest BCUT2D eigenvalue weighted by Crippen LogP contribution is 2.29. The van der Waals surface area contributed by atoms with Gasteiger partial charge >= 0.3 is 0 Å². The van der Waals surface area contributed by atoms with Gasteiger partial charge in [0.25, 0.3) is 0 Å².